The van der Waals surface area contributed by atoms with Crippen molar-refractivity contribution in [3.63, 3.8) is 0 Å². The number of carbonyl (C=O) groups is 3. The molecule has 1 heterocycles. The van der Waals surface area contributed by atoms with Crippen LogP contribution >= 0.6 is 11.8 Å². The van der Waals surface area contributed by atoms with Crippen molar-refractivity contribution in [1.29, 1.82) is 0 Å². The molecule has 0 aliphatic carbocycles. The van der Waals surface area contributed by atoms with E-state index < -0.39 is 34.4 Å². The van der Waals surface area contributed by atoms with Gasteiger partial charge in [0, 0.05) is 5.25 Å². The van der Waals surface area contributed by atoms with Gasteiger partial charge in [0.15, 0.2) is 22.2 Å². The summed E-state index contributed by atoms with van der Waals surface area (Å²) in [6.45, 7) is 0.924. The molecular formula is C18H23NO6S2. The number of rotatable bonds is 9. The number of Topliss-reactive ketones (excluding diaryl/α,β-unsaturated/α-hetero) is 1. The number of amides is 1. The molecule has 2 rings (SSSR count). The smallest absolute Gasteiger partial charge is 0.316 e. The van der Waals surface area contributed by atoms with Crippen molar-refractivity contribution in [1.82, 2.24) is 5.32 Å². The Balaban J connectivity index is 1.72. The number of benzene rings is 1. The predicted molar refractivity (Wildman–Crippen MR) is 103 cm³/mol. The van der Waals surface area contributed by atoms with Crippen molar-refractivity contribution in [2.24, 2.45) is 0 Å². The fraction of sp³-hybridized carbons (Fsp3) is 0.500. The van der Waals surface area contributed by atoms with E-state index in [-0.39, 0.29) is 28.3 Å². The normalized spacial score (nSPS) is 19.2. The van der Waals surface area contributed by atoms with Gasteiger partial charge in [-0.2, -0.15) is 0 Å². The maximum atomic E-state index is 12.0. The quantitative estimate of drug-likeness (QED) is 0.596. The van der Waals surface area contributed by atoms with E-state index in [4.69, 9.17) is 4.74 Å². The van der Waals surface area contributed by atoms with Crippen molar-refractivity contribution in [3.05, 3.63) is 35.9 Å². The lowest BCUT2D eigenvalue weighted by Crippen LogP contribution is -2.43. The molecule has 1 aromatic carbocycles. The van der Waals surface area contributed by atoms with E-state index in [0.29, 0.717) is 12.8 Å². The molecule has 1 N–H and O–H groups in total. The molecule has 0 saturated carbocycles. The molecule has 1 aliphatic heterocycles. The van der Waals surface area contributed by atoms with Gasteiger partial charge in [0.25, 0.3) is 5.91 Å². The Morgan fingerprint density at radius 1 is 1.26 bits per heavy atom. The fourth-order valence-electron chi connectivity index (χ4n) is 2.65. The Labute approximate surface area is 163 Å². The lowest BCUT2D eigenvalue weighted by molar-refractivity contribution is -0.146. The van der Waals surface area contributed by atoms with Crippen LogP contribution in [0.1, 0.15) is 18.9 Å². The largest absolute Gasteiger partial charge is 0.455 e. The fourth-order valence-corrected chi connectivity index (χ4v) is 6.09. The number of hydrogen-bond acceptors (Lipinski definition) is 7. The van der Waals surface area contributed by atoms with E-state index in [9.17, 15) is 22.8 Å². The van der Waals surface area contributed by atoms with E-state index in [0.717, 1.165) is 5.56 Å². The summed E-state index contributed by atoms with van der Waals surface area (Å²) in [7, 11) is -2.99. The molecule has 2 atom stereocenters. The molecule has 1 fully saturated rings. The van der Waals surface area contributed by atoms with E-state index in [1.54, 1.807) is 0 Å². The minimum atomic E-state index is -2.99. The van der Waals surface area contributed by atoms with Crippen LogP contribution in [0.25, 0.3) is 0 Å². The zero-order valence-corrected chi connectivity index (χ0v) is 16.7. The molecule has 0 bridgehead atoms. The first-order chi connectivity index (χ1) is 12.7. The molecule has 1 aliphatic rings. The van der Waals surface area contributed by atoms with Crippen LogP contribution in [0, 0.1) is 0 Å². The molecule has 1 aromatic rings. The van der Waals surface area contributed by atoms with Gasteiger partial charge in [0.05, 0.1) is 23.3 Å². The van der Waals surface area contributed by atoms with Gasteiger partial charge in [-0.15, -0.1) is 11.8 Å². The number of esters is 1. The minimum absolute atomic E-state index is 0.00633. The summed E-state index contributed by atoms with van der Waals surface area (Å²) in [6.07, 6.45) is 0.891. The number of carbonyl (C=O) groups excluding carboxylic acids is 3. The third-order valence-corrected chi connectivity index (χ3v) is 7.36. The monoisotopic (exact) mass is 413 g/mol. The molecule has 0 aromatic heterocycles. The second kappa shape index (κ2) is 9.89. The zero-order valence-electron chi connectivity index (χ0n) is 15.1. The van der Waals surface area contributed by atoms with Crippen LogP contribution in [0.2, 0.25) is 0 Å². The number of hydrogen-bond donors (Lipinski definition) is 1. The van der Waals surface area contributed by atoms with Crippen molar-refractivity contribution >= 4 is 39.3 Å². The summed E-state index contributed by atoms with van der Waals surface area (Å²) in [4.78, 5) is 35.5. The van der Waals surface area contributed by atoms with Gasteiger partial charge in [-0.05, 0) is 25.3 Å². The molecule has 1 saturated heterocycles. The molecule has 0 spiro atoms. The Bertz CT molecular complexity index is 778. The number of thioether (sulfide) groups is 1. The Morgan fingerprint density at radius 2 is 1.96 bits per heavy atom. The van der Waals surface area contributed by atoms with E-state index >= 15 is 0 Å². The van der Waals surface area contributed by atoms with Crippen molar-refractivity contribution < 1.29 is 27.5 Å². The van der Waals surface area contributed by atoms with Gasteiger partial charge < -0.3 is 10.1 Å². The highest BCUT2D eigenvalue weighted by Gasteiger charge is 2.28. The van der Waals surface area contributed by atoms with Crippen LogP contribution in [0.3, 0.4) is 0 Å². The third-order valence-electron chi connectivity index (χ3n) is 4.10. The van der Waals surface area contributed by atoms with Crippen LogP contribution in [-0.4, -0.2) is 61.2 Å². The molecule has 27 heavy (non-hydrogen) atoms. The maximum Gasteiger partial charge on any atom is 0.316 e. The molecule has 0 radical (unpaired) electrons. The van der Waals surface area contributed by atoms with Crippen molar-refractivity contribution in [2.75, 3.05) is 23.9 Å². The number of nitrogens with one attached hydrogen (secondary N) is 1. The first-order valence-electron chi connectivity index (χ1n) is 8.56. The van der Waals surface area contributed by atoms with Crippen LogP contribution in [-0.2, 0) is 35.4 Å². The molecule has 9 heteroatoms. The lowest BCUT2D eigenvalue weighted by atomic mass is 10.0. The number of ketones is 1. The molecule has 7 nitrogen and oxygen atoms in total. The standard InChI is InChI=1S/C18H23NO6S2/c1-13(20)16(9-14-5-3-2-4-6-14)19-17(21)10-25-18(22)11-26-15-7-8-27(23,24)12-15/h2-6,15-16H,7-12H2,1H3,(H,19,21)/t15-,16-/m1/s1. The first kappa shape index (κ1) is 21.4. The van der Waals surface area contributed by atoms with Gasteiger partial charge in [-0.25, -0.2) is 8.42 Å². The van der Waals surface area contributed by atoms with Crippen molar-refractivity contribution in [2.45, 2.75) is 31.1 Å². The van der Waals surface area contributed by atoms with Gasteiger partial charge >= 0.3 is 5.97 Å². The summed E-state index contributed by atoms with van der Waals surface area (Å²) in [5, 5.41) is 2.47. The molecule has 148 valence electrons. The van der Waals surface area contributed by atoms with Crippen LogP contribution in [0.4, 0.5) is 0 Å². The summed E-state index contributed by atoms with van der Waals surface area (Å²) in [6, 6.07) is 8.61. The van der Waals surface area contributed by atoms with E-state index in [1.165, 1.54) is 18.7 Å². The van der Waals surface area contributed by atoms with E-state index in [1.807, 2.05) is 30.3 Å². The minimum Gasteiger partial charge on any atom is -0.455 e. The van der Waals surface area contributed by atoms with Crippen LogP contribution < -0.4 is 5.32 Å². The summed E-state index contributed by atoms with van der Waals surface area (Å²) < 4.78 is 27.7. The average Bonchev–Trinajstić information content (AvgIpc) is 2.97. The van der Waals surface area contributed by atoms with Gasteiger partial charge in [0.2, 0.25) is 0 Å². The van der Waals surface area contributed by atoms with E-state index in [2.05, 4.69) is 5.32 Å². The number of ether oxygens (including phenoxy) is 1. The highest BCUT2D eigenvalue weighted by Crippen LogP contribution is 2.24. The summed E-state index contributed by atoms with van der Waals surface area (Å²) in [5.74, 6) is -1.10. The number of sulfone groups is 1. The van der Waals surface area contributed by atoms with Crippen LogP contribution in [0.15, 0.2) is 30.3 Å². The topological polar surface area (TPSA) is 107 Å². The average molecular weight is 414 g/mol. The molecule has 1 amide bonds. The predicted octanol–water partition coefficient (Wildman–Crippen LogP) is 0.766. The molecule has 0 unspecified atom stereocenters. The Kier molecular flexibility index (Phi) is 7.85. The van der Waals surface area contributed by atoms with Gasteiger partial charge in [-0.3, -0.25) is 14.4 Å². The zero-order chi connectivity index (χ0) is 19.9. The first-order valence-corrected chi connectivity index (χ1v) is 11.4. The highest BCUT2D eigenvalue weighted by molar-refractivity contribution is 8.02. The highest BCUT2D eigenvalue weighted by atomic mass is 32.2. The van der Waals surface area contributed by atoms with Crippen molar-refractivity contribution in [3.8, 4) is 0 Å². The SMILES string of the molecule is CC(=O)[C@@H](Cc1ccccc1)NC(=O)COC(=O)CS[C@@H]1CCS(=O)(=O)C1. The maximum absolute atomic E-state index is 12.0. The summed E-state index contributed by atoms with van der Waals surface area (Å²) >= 11 is 1.23. The van der Waals surface area contributed by atoms with Gasteiger partial charge in [-0.1, -0.05) is 30.3 Å². The van der Waals surface area contributed by atoms with Crippen LogP contribution in [0.5, 0.6) is 0 Å². The third kappa shape index (κ3) is 7.72. The Hall–Kier alpha value is -1.87. The lowest BCUT2D eigenvalue weighted by Gasteiger charge is -2.16. The van der Waals surface area contributed by atoms with Gasteiger partial charge in [0.1, 0.15) is 0 Å². The Morgan fingerprint density at radius 3 is 2.56 bits per heavy atom. The second-order valence-electron chi connectivity index (χ2n) is 6.42. The second-order valence-corrected chi connectivity index (χ2v) is 9.93. The summed E-state index contributed by atoms with van der Waals surface area (Å²) in [5.41, 5.74) is 0.915. The molecular weight excluding hydrogens is 390 g/mol.